The van der Waals surface area contributed by atoms with E-state index in [1.165, 1.54) is 321 Å². The molecule has 0 heterocycles. The van der Waals surface area contributed by atoms with Gasteiger partial charge in [0.2, 0.25) is 5.91 Å². The van der Waals surface area contributed by atoms with Crippen LogP contribution in [0.3, 0.4) is 0 Å². The Bertz CT molecular complexity index is 1310. The fourth-order valence-electron chi connectivity index (χ4n) is 11.5. The van der Waals surface area contributed by atoms with Crippen molar-refractivity contribution >= 4 is 11.9 Å². The van der Waals surface area contributed by atoms with E-state index in [-0.39, 0.29) is 18.5 Å². The summed E-state index contributed by atoms with van der Waals surface area (Å²) in [6.45, 7) is 4.95. The van der Waals surface area contributed by atoms with Crippen LogP contribution in [0.4, 0.5) is 0 Å². The molecule has 0 aliphatic heterocycles. The number of rotatable bonds is 69. The standard InChI is InChI=1S/C75H143NO5/c1-3-5-7-9-11-13-15-16-17-18-38-41-44-48-51-55-59-63-67-73(78)72(71-77)76-74(79)68-64-60-56-52-49-45-42-39-36-34-32-30-28-26-24-22-20-19-21-23-25-27-29-31-33-35-37-40-43-46-50-54-58-62-66-70-81-75(80)69-65-61-57-53-47-14-12-10-8-6-4-2/h10,12,21,23,27,29,72-73,77-78H,3-9,11,13-20,22,24-26,28,30-71H2,1-2H3,(H,76,79)/b12-10-,23-21-,29-27-. The van der Waals surface area contributed by atoms with E-state index in [0.717, 1.165) is 51.4 Å². The van der Waals surface area contributed by atoms with Crippen LogP contribution >= 0.6 is 0 Å². The number of esters is 1. The highest BCUT2D eigenvalue weighted by molar-refractivity contribution is 5.76. The first kappa shape index (κ1) is 79.1. The molecular weight excluding hydrogens is 995 g/mol. The molecule has 2 atom stereocenters. The van der Waals surface area contributed by atoms with Crippen molar-refractivity contribution in [3.8, 4) is 0 Å². The fourth-order valence-corrected chi connectivity index (χ4v) is 11.5. The van der Waals surface area contributed by atoms with Crippen LogP contribution < -0.4 is 5.32 Å². The molecule has 2 unspecified atom stereocenters. The van der Waals surface area contributed by atoms with Crippen LogP contribution in [0.5, 0.6) is 0 Å². The molecule has 1 amide bonds. The van der Waals surface area contributed by atoms with Crippen molar-refractivity contribution in [2.45, 2.75) is 418 Å². The number of hydrogen-bond acceptors (Lipinski definition) is 5. The number of allylic oxidation sites excluding steroid dienone is 6. The number of amides is 1. The van der Waals surface area contributed by atoms with Gasteiger partial charge < -0.3 is 20.3 Å². The average Bonchev–Trinajstić information content (AvgIpc) is 3.47. The predicted octanol–water partition coefficient (Wildman–Crippen LogP) is 23.9. The Kier molecular flexibility index (Phi) is 68.9. The van der Waals surface area contributed by atoms with Crippen LogP contribution in [0.25, 0.3) is 0 Å². The highest BCUT2D eigenvalue weighted by Crippen LogP contribution is 2.19. The second-order valence-electron chi connectivity index (χ2n) is 25.3. The molecule has 0 radical (unpaired) electrons. The molecule has 0 aliphatic carbocycles. The molecule has 0 saturated heterocycles. The van der Waals surface area contributed by atoms with Crippen molar-refractivity contribution in [3.63, 3.8) is 0 Å². The maximum atomic E-state index is 12.5. The topological polar surface area (TPSA) is 95.9 Å². The van der Waals surface area contributed by atoms with Crippen LogP contribution in [0.1, 0.15) is 406 Å². The zero-order valence-electron chi connectivity index (χ0n) is 54.8. The van der Waals surface area contributed by atoms with E-state index in [1.807, 2.05) is 0 Å². The first-order valence-corrected chi connectivity index (χ1v) is 36.7. The molecule has 0 saturated carbocycles. The zero-order valence-corrected chi connectivity index (χ0v) is 54.8. The minimum Gasteiger partial charge on any atom is -0.466 e. The van der Waals surface area contributed by atoms with Crippen LogP contribution in [-0.2, 0) is 14.3 Å². The Morgan fingerprint density at radius 2 is 0.630 bits per heavy atom. The van der Waals surface area contributed by atoms with E-state index < -0.39 is 12.1 Å². The third-order valence-corrected chi connectivity index (χ3v) is 17.2. The van der Waals surface area contributed by atoms with Gasteiger partial charge >= 0.3 is 5.97 Å². The van der Waals surface area contributed by atoms with Gasteiger partial charge in [0.1, 0.15) is 0 Å². The first-order chi connectivity index (χ1) is 40.0. The number of aliphatic hydroxyl groups is 2. The summed E-state index contributed by atoms with van der Waals surface area (Å²) >= 11 is 0. The fraction of sp³-hybridized carbons (Fsp3) is 0.893. The third-order valence-electron chi connectivity index (χ3n) is 17.2. The van der Waals surface area contributed by atoms with Gasteiger partial charge in [0.05, 0.1) is 25.4 Å². The first-order valence-electron chi connectivity index (χ1n) is 36.7. The predicted molar refractivity (Wildman–Crippen MR) is 356 cm³/mol. The Morgan fingerprint density at radius 1 is 0.346 bits per heavy atom. The molecule has 0 fully saturated rings. The van der Waals surface area contributed by atoms with Crippen molar-refractivity contribution in [1.29, 1.82) is 0 Å². The van der Waals surface area contributed by atoms with Gasteiger partial charge in [-0.25, -0.2) is 0 Å². The number of carbonyl (C=O) groups excluding carboxylic acids is 2. The summed E-state index contributed by atoms with van der Waals surface area (Å²) in [6.07, 6.45) is 90.7. The van der Waals surface area contributed by atoms with E-state index in [4.69, 9.17) is 4.74 Å². The van der Waals surface area contributed by atoms with Gasteiger partial charge in [-0.1, -0.05) is 352 Å². The monoisotopic (exact) mass is 1140 g/mol. The number of hydrogen-bond donors (Lipinski definition) is 3. The van der Waals surface area contributed by atoms with Crippen LogP contribution in [0.15, 0.2) is 36.5 Å². The van der Waals surface area contributed by atoms with E-state index >= 15 is 0 Å². The van der Waals surface area contributed by atoms with Crippen molar-refractivity contribution in [2.75, 3.05) is 13.2 Å². The maximum Gasteiger partial charge on any atom is 0.305 e. The number of aliphatic hydroxyl groups excluding tert-OH is 2. The summed E-state index contributed by atoms with van der Waals surface area (Å²) in [6, 6.07) is -0.540. The normalized spacial score (nSPS) is 12.7. The highest BCUT2D eigenvalue weighted by atomic mass is 16.5. The van der Waals surface area contributed by atoms with Crippen LogP contribution in [0.2, 0.25) is 0 Å². The van der Waals surface area contributed by atoms with Crippen molar-refractivity contribution < 1.29 is 24.5 Å². The number of carbonyl (C=O) groups is 2. The lowest BCUT2D eigenvalue weighted by Gasteiger charge is -2.22. The molecule has 3 N–H and O–H groups in total. The Labute approximate surface area is 506 Å². The van der Waals surface area contributed by atoms with Gasteiger partial charge in [-0.2, -0.15) is 0 Å². The number of ether oxygens (including phenoxy) is 1. The second-order valence-corrected chi connectivity index (χ2v) is 25.3. The van der Waals surface area contributed by atoms with E-state index in [2.05, 4.69) is 55.6 Å². The summed E-state index contributed by atoms with van der Waals surface area (Å²) in [5.74, 6) is -0.0229. The maximum absolute atomic E-state index is 12.5. The summed E-state index contributed by atoms with van der Waals surface area (Å²) in [5.41, 5.74) is 0. The lowest BCUT2D eigenvalue weighted by Crippen LogP contribution is -2.45. The third kappa shape index (κ3) is 67.1. The largest absolute Gasteiger partial charge is 0.466 e. The minimum atomic E-state index is -0.663. The van der Waals surface area contributed by atoms with Crippen molar-refractivity contribution in [2.24, 2.45) is 0 Å². The average molecular weight is 1140 g/mol. The molecule has 0 bridgehead atoms. The van der Waals surface area contributed by atoms with E-state index in [0.29, 0.717) is 25.9 Å². The van der Waals surface area contributed by atoms with Gasteiger partial charge in [0, 0.05) is 12.8 Å². The zero-order chi connectivity index (χ0) is 58.5. The highest BCUT2D eigenvalue weighted by Gasteiger charge is 2.20. The van der Waals surface area contributed by atoms with Gasteiger partial charge in [0.25, 0.3) is 0 Å². The lowest BCUT2D eigenvalue weighted by molar-refractivity contribution is -0.143. The molecule has 6 nitrogen and oxygen atoms in total. The second kappa shape index (κ2) is 70.6. The van der Waals surface area contributed by atoms with Gasteiger partial charge in [-0.05, 0) is 77.0 Å². The number of unbranched alkanes of at least 4 members (excludes halogenated alkanes) is 52. The van der Waals surface area contributed by atoms with E-state index in [1.54, 1.807) is 0 Å². The van der Waals surface area contributed by atoms with Gasteiger partial charge in [-0.15, -0.1) is 0 Å². The van der Waals surface area contributed by atoms with Crippen LogP contribution in [-0.4, -0.2) is 47.4 Å². The Balaban J connectivity index is 3.37. The smallest absolute Gasteiger partial charge is 0.305 e. The lowest BCUT2D eigenvalue weighted by atomic mass is 10.0. The minimum absolute atomic E-state index is 0.00596. The van der Waals surface area contributed by atoms with Crippen LogP contribution in [0, 0.1) is 0 Å². The summed E-state index contributed by atoms with van der Waals surface area (Å²) < 4.78 is 5.47. The van der Waals surface area contributed by atoms with Crippen molar-refractivity contribution in [3.05, 3.63) is 36.5 Å². The number of nitrogens with one attached hydrogen (secondary N) is 1. The molecule has 0 spiro atoms. The summed E-state index contributed by atoms with van der Waals surface area (Å²) in [4.78, 5) is 24.5. The molecule has 478 valence electrons. The Morgan fingerprint density at radius 3 is 0.988 bits per heavy atom. The van der Waals surface area contributed by atoms with E-state index in [9.17, 15) is 19.8 Å². The van der Waals surface area contributed by atoms with Crippen molar-refractivity contribution in [1.82, 2.24) is 5.32 Å². The molecule has 81 heavy (non-hydrogen) atoms. The quantitative estimate of drug-likeness (QED) is 0.0320. The molecule has 0 aliphatic rings. The summed E-state index contributed by atoms with van der Waals surface area (Å²) in [5, 5.41) is 23.4. The van der Waals surface area contributed by atoms with Gasteiger partial charge in [-0.3, -0.25) is 9.59 Å². The SMILES string of the molecule is CCCC/C=C\CCCCCCCC(=O)OCCCCCCCCCCCCC/C=C\C/C=C\CCCCCCCCCCCCCCCCCCCC(=O)NC(CO)C(O)CCCCCCCCCCCCCCCCCCCC. The molecule has 0 rings (SSSR count). The summed E-state index contributed by atoms with van der Waals surface area (Å²) in [7, 11) is 0. The molecule has 0 aromatic heterocycles. The molecule has 0 aromatic rings. The molecule has 6 heteroatoms. The van der Waals surface area contributed by atoms with Gasteiger partial charge in [0.15, 0.2) is 0 Å². The molecule has 0 aromatic carbocycles. The Hall–Kier alpha value is -1.92. The molecular formula is C75H143NO5.